The number of aliphatic hydroxyl groups excluding tert-OH is 1. The Kier molecular flexibility index (Phi) is 4.80. The molecule has 2 rings (SSSR count). The molecule has 5 nitrogen and oxygen atoms in total. The van der Waals surface area contributed by atoms with E-state index in [9.17, 15) is 14.3 Å². The standard InChI is InChI=1S/C15H21FN2O3/c1-17(2)8-10-6-11(19)9-18(10)15(20)13-5-4-12(21-3)7-14(13)16/h4-5,7,10-11,19H,6,8-9H2,1-3H3. The number of hydrogen-bond acceptors (Lipinski definition) is 4. The van der Waals surface area contributed by atoms with Gasteiger partial charge in [0.25, 0.3) is 5.91 Å². The predicted molar refractivity (Wildman–Crippen MR) is 77.0 cm³/mol. The van der Waals surface area contributed by atoms with Crippen LogP contribution in [0.5, 0.6) is 5.75 Å². The summed E-state index contributed by atoms with van der Waals surface area (Å²) in [4.78, 5) is 16.0. The zero-order valence-electron chi connectivity index (χ0n) is 12.5. The van der Waals surface area contributed by atoms with Crippen molar-refractivity contribution in [2.24, 2.45) is 0 Å². The van der Waals surface area contributed by atoms with Crippen LogP contribution in [-0.4, -0.2) is 67.3 Å². The zero-order valence-corrected chi connectivity index (χ0v) is 12.5. The first-order valence-electron chi connectivity index (χ1n) is 6.89. The number of methoxy groups -OCH3 is 1. The highest BCUT2D eigenvalue weighted by atomic mass is 19.1. The summed E-state index contributed by atoms with van der Waals surface area (Å²) in [5.74, 6) is -0.627. The molecule has 6 heteroatoms. The molecule has 2 unspecified atom stereocenters. The van der Waals surface area contributed by atoms with E-state index in [1.165, 1.54) is 19.2 Å². The molecule has 1 fully saturated rings. The molecule has 0 aromatic heterocycles. The highest BCUT2D eigenvalue weighted by molar-refractivity contribution is 5.95. The number of ether oxygens (including phenoxy) is 1. The van der Waals surface area contributed by atoms with Crippen molar-refractivity contribution in [1.82, 2.24) is 9.80 Å². The van der Waals surface area contributed by atoms with Crippen molar-refractivity contribution < 1.29 is 19.0 Å². The van der Waals surface area contributed by atoms with Crippen LogP contribution in [0.3, 0.4) is 0 Å². The fourth-order valence-electron chi connectivity index (χ4n) is 2.69. The van der Waals surface area contributed by atoms with Crippen molar-refractivity contribution in [3.05, 3.63) is 29.6 Å². The molecular weight excluding hydrogens is 275 g/mol. The number of benzene rings is 1. The van der Waals surface area contributed by atoms with Gasteiger partial charge in [-0.15, -0.1) is 0 Å². The Balaban J connectivity index is 2.21. The van der Waals surface area contributed by atoms with Crippen molar-refractivity contribution in [3.63, 3.8) is 0 Å². The van der Waals surface area contributed by atoms with E-state index in [1.807, 2.05) is 19.0 Å². The highest BCUT2D eigenvalue weighted by Gasteiger charge is 2.35. The summed E-state index contributed by atoms with van der Waals surface area (Å²) in [5.41, 5.74) is 0.00801. The van der Waals surface area contributed by atoms with Gasteiger partial charge < -0.3 is 19.6 Å². The first-order chi connectivity index (χ1) is 9.92. The molecule has 1 N–H and O–H groups in total. The molecule has 116 valence electrons. The molecule has 0 bridgehead atoms. The van der Waals surface area contributed by atoms with Gasteiger partial charge in [-0.3, -0.25) is 4.79 Å². The molecule has 1 saturated heterocycles. The Bertz CT molecular complexity index is 522. The normalized spacial score (nSPS) is 21.9. The summed E-state index contributed by atoms with van der Waals surface area (Å²) in [5, 5.41) is 9.80. The van der Waals surface area contributed by atoms with Gasteiger partial charge in [-0.1, -0.05) is 0 Å². The van der Waals surface area contributed by atoms with Gasteiger partial charge in [0, 0.05) is 25.2 Å². The zero-order chi connectivity index (χ0) is 15.6. The van der Waals surface area contributed by atoms with Crippen LogP contribution in [0.25, 0.3) is 0 Å². The highest BCUT2D eigenvalue weighted by Crippen LogP contribution is 2.24. The van der Waals surface area contributed by atoms with Crippen LogP contribution in [0.2, 0.25) is 0 Å². The molecule has 1 aromatic rings. The summed E-state index contributed by atoms with van der Waals surface area (Å²) >= 11 is 0. The summed E-state index contributed by atoms with van der Waals surface area (Å²) in [7, 11) is 5.25. The topological polar surface area (TPSA) is 53.0 Å². The fourth-order valence-corrected chi connectivity index (χ4v) is 2.69. The Morgan fingerprint density at radius 1 is 1.52 bits per heavy atom. The van der Waals surface area contributed by atoms with E-state index < -0.39 is 17.8 Å². The average molecular weight is 296 g/mol. The van der Waals surface area contributed by atoms with Crippen LogP contribution in [0, 0.1) is 5.82 Å². The number of β-amino-alcohol motifs (C(OH)–C–C–N with tert-alkyl or cyclic N) is 1. The maximum atomic E-state index is 14.0. The minimum absolute atomic E-state index is 0.00801. The van der Waals surface area contributed by atoms with Gasteiger partial charge in [0.05, 0.1) is 18.8 Å². The number of amides is 1. The maximum Gasteiger partial charge on any atom is 0.257 e. The number of halogens is 1. The lowest BCUT2D eigenvalue weighted by Crippen LogP contribution is -2.41. The van der Waals surface area contributed by atoms with Crippen molar-refractivity contribution in [3.8, 4) is 5.75 Å². The second-order valence-electron chi connectivity index (χ2n) is 5.61. The third-order valence-corrected chi connectivity index (χ3v) is 3.64. The number of carbonyl (C=O) groups excluding carboxylic acids is 1. The summed E-state index contributed by atoms with van der Waals surface area (Å²) in [6.07, 6.45) is -0.0398. The third-order valence-electron chi connectivity index (χ3n) is 3.64. The van der Waals surface area contributed by atoms with E-state index in [-0.39, 0.29) is 18.2 Å². The van der Waals surface area contributed by atoms with E-state index in [2.05, 4.69) is 0 Å². The quantitative estimate of drug-likeness (QED) is 0.899. The van der Waals surface area contributed by atoms with Gasteiger partial charge in [0.2, 0.25) is 0 Å². The number of likely N-dealkylation sites (N-methyl/N-ethyl adjacent to an activating group) is 1. The van der Waals surface area contributed by atoms with Crippen molar-refractivity contribution in [2.75, 3.05) is 34.3 Å². The van der Waals surface area contributed by atoms with Crippen molar-refractivity contribution in [1.29, 1.82) is 0 Å². The molecule has 2 atom stereocenters. The van der Waals surface area contributed by atoms with Gasteiger partial charge >= 0.3 is 0 Å². The predicted octanol–water partition coefficient (Wildman–Crippen LogP) is 0.971. The van der Waals surface area contributed by atoms with Crippen LogP contribution in [0.15, 0.2) is 18.2 Å². The van der Waals surface area contributed by atoms with Crippen LogP contribution < -0.4 is 4.74 Å². The van der Waals surface area contributed by atoms with Crippen LogP contribution in [0.4, 0.5) is 4.39 Å². The molecule has 0 saturated carbocycles. The average Bonchev–Trinajstić information content (AvgIpc) is 2.77. The molecule has 1 aromatic carbocycles. The van der Waals surface area contributed by atoms with E-state index in [1.54, 1.807) is 11.0 Å². The molecule has 1 amide bonds. The first kappa shape index (κ1) is 15.7. The summed E-state index contributed by atoms with van der Waals surface area (Å²) in [6, 6.07) is 4.07. The van der Waals surface area contributed by atoms with Gasteiger partial charge in [-0.25, -0.2) is 4.39 Å². The smallest absolute Gasteiger partial charge is 0.257 e. The Labute approximate surface area is 123 Å². The van der Waals surface area contributed by atoms with Crippen LogP contribution in [-0.2, 0) is 0 Å². The second-order valence-corrected chi connectivity index (χ2v) is 5.61. The molecule has 1 aliphatic rings. The van der Waals surface area contributed by atoms with E-state index in [0.29, 0.717) is 18.7 Å². The Hall–Kier alpha value is -1.66. The summed E-state index contributed by atoms with van der Waals surface area (Å²) < 4.78 is 19.0. The van der Waals surface area contributed by atoms with Gasteiger partial charge in [0.15, 0.2) is 0 Å². The number of aliphatic hydroxyl groups is 1. The molecule has 1 heterocycles. The number of rotatable bonds is 4. The van der Waals surface area contributed by atoms with E-state index in [4.69, 9.17) is 4.74 Å². The summed E-state index contributed by atoms with van der Waals surface area (Å²) in [6.45, 7) is 0.878. The molecule has 0 aliphatic carbocycles. The molecule has 0 radical (unpaired) electrons. The lowest BCUT2D eigenvalue weighted by molar-refractivity contribution is 0.0694. The van der Waals surface area contributed by atoms with Gasteiger partial charge in [0.1, 0.15) is 11.6 Å². The van der Waals surface area contributed by atoms with Gasteiger partial charge in [-0.2, -0.15) is 0 Å². The van der Waals surface area contributed by atoms with Crippen LogP contribution in [0.1, 0.15) is 16.8 Å². The number of hydrogen-bond donors (Lipinski definition) is 1. The lowest BCUT2D eigenvalue weighted by atomic mass is 10.1. The SMILES string of the molecule is COc1ccc(C(=O)N2CC(O)CC2CN(C)C)c(F)c1. The molecule has 0 spiro atoms. The molecule has 21 heavy (non-hydrogen) atoms. The monoisotopic (exact) mass is 296 g/mol. The minimum Gasteiger partial charge on any atom is -0.497 e. The maximum absolute atomic E-state index is 14.0. The number of likely N-dealkylation sites (tertiary alicyclic amines) is 1. The first-order valence-corrected chi connectivity index (χ1v) is 6.89. The van der Waals surface area contributed by atoms with Crippen molar-refractivity contribution in [2.45, 2.75) is 18.6 Å². The van der Waals surface area contributed by atoms with Crippen molar-refractivity contribution >= 4 is 5.91 Å². The van der Waals surface area contributed by atoms with Gasteiger partial charge in [-0.05, 0) is 32.6 Å². The number of carbonyl (C=O) groups is 1. The third kappa shape index (κ3) is 3.51. The lowest BCUT2D eigenvalue weighted by Gasteiger charge is -2.27. The second kappa shape index (κ2) is 6.41. The van der Waals surface area contributed by atoms with Crippen LogP contribution >= 0.6 is 0 Å². The Morgan fingerprint density at radius 3 is 2.81 bits per heavy atom. The Morgan fingerprint density at radius 2 is 2.24 bits per heavy atom. The van der Waals surface area contributed by atoms with E-state index in [0.717, 1.165) is 0 Å². The minimum atomic E-state index is -0.607. The molecular formula is C15H21FN2O3. The number of nitrogens with zero attached hydrogens (tertiary/aromatic N) is 2. The van der Waals surface area contributed by atoms with E-state index >= 15 is 0 Å². The fraction of sp³-hybridized carbons (Fsp3) is 0.533. The largest absolute Gasteiger partial charge is 0.497 e. The molecule has 1 aliphatic heterocycles.